The van der Waals surface area contributed by atoms with Gasteiger partial charge in [-0.1, -0.05) is 23.7 Å². The summed E-state index contributed by atoms with van der Waals surface area (Å²) in [5, 5.41) is 6.43. The molecule has 2 aromatic carbocycles. The molecule has 2 amide bonds. The molecule has 2 N–H and O–H groups in total. The summed E-state index contributed by atoms with van der Waals surface area (Å²) in [4.78, 5) is 35.6. The molecule has 0 bridgehead atoms. The summed E-state index contributed by atoms with van der Waals surface area (Å²) < 4.78 is 5.23. The van der Waals surface area contributed by atoms with Gasteiger partial charge in [0.1, 0.15) is 23.7 Å². The lowest BCUT2D eigenvalue weighted by molar-refractivity contribution is -0.117. The molecule has 8 nitrogen and oxygen atoms in total. The summed E-state index contributed by atoms with van der Waals surface area (Å²) in [7, 11) is 1.62. The second kappa shape index (κ2) is 8.85. The zero-order valence-electron chi connectivity index (χ0n) is 19.8. The SMILES string of the molecule is COc1ccc(CN2C(=O)c3c(Cl)cc(Nc4cc(NC(=O)C5CC5)ncn4)cc3C2(C)C)cc1. The highest BCUT2D eigenvalue weighted by atomic mass is 35.5. The van der Waals surface area contributed by atoms with Gasteiger partial charge in [0.15, 0.2) is 0 Å². The summed E-state index contributed by atoms with van der Waals surface area (Å²) in [5.41, 5.74) is 2.46. The van der Waals surface area contributed by atoms with Crippen molar-refractivity contribution in [3.63, 3.8) is 0 Å². The number of amides is 2. The van der Waals surface area contributed by atoms with E-state index in [2.05, 4.69) is 20.6 Å². The van der Waals surface area contributed by atoms with Gasteiger partial charge >= 0.3 is 0 Å². The molecule has 5 rings (SSSR count). The molecule has 1 aromatic heterocycles. The predicted octanol–water partition coefficient (Wildman–Crippen LogP) is 5.12. The quantitative estimate of drug-likeness (QED) is 0.476. The Morgan fingerprint density at radius 2 is 1.86 bits per heavy atom. The van der Waals surface area contributed by atoms with Crippen LogP contribution in [0.3, 0.4) is 0 Å². The highest BCUT2D eigenvalue weighted by Gasteiger charge is 2.44. The summed E-state index contributed by atoms with van der Waals surface area (Å²) in [6, 6.07) is 13.0. The van der Waals surface area contributed by atoms with E-state index in [9.17, 15) is 9.59 Å². The average Bonchev–Trinajstić information content (AvgIpc) is 3.65. The molecule has 9 heteroatoms. The van der Waals surface area contributed by atoms with Gasteiger partial charge in [0.25, 0.3) is 5.91 Å². The standard InChI is InChI=1S/C26H26ClN5O3/c1-26(2)19-10-17(30-21-12-22(29-14-28-21)31-24(33)16-6-7-16)11-20(27)23(19)25(34)32(26)13-15-4-8-18(35-3)9-5-15/h4-5,8-12,14,16H,6-7,13H2,1-3H3,(H2,28,29,30,31,33). The van der Waals surface area contributed by atoms with Gasteiger partial charge in [-0.25, -0.2) is 9.97 Å². The van der Waals surface area contributed by atoms with Crippen molar-refractivity contribution in [1.29, 1.82) is 0 Å². The van der Waals surface area contributed by atoms with Gasteiger partial charge in [-0.3, -0.25) is 9.59 Å². The Kier molecular flexibility index (Phi) is 5.84. The van der Waals surface area contributed by atoms with Crippen LogP contribution in [0.25, 0.3) is 0 Å². The number of methoxy groups -OCH3 is 1. The van der Waals surface area contributed by atoms with Crippen molar-refractivity contribution in [2.24, 2.45) is 5.92 Å². The minimum absolute atomic E-state index is 0.0209. The van der Waals surface area contributed by atoms with Gasteiger partial charge in [0.05, 0.1) is 23.2 Å². The van der Waals surface area contributed by atoms with Gasteiger partial charge in [0, 0.05) is 24.2 Å². The number of carbonyl (C=O) groups excluding carboxylic acids is 2. The Morgan fingerprint density at radius 3 is 2.54 bits per heavy atom. The van der Waals surface area contributed by atoms with Gasteiger partial charge < -0.3 is 20.3 Å². The summed E-state index contributed by atoms with van der Waals surface area (Å²) in [6.07, 6.45) is 3.23. The van der Waals surface area contributed by atoms with E-state index in [1.807, 2.05) is 49.1 Å². The zero-order chi connectivity index (χ0) is 24.7. The fourth-order valence-corrected chi connectivity index (χ4v) is 4.61. The molecule has 2 heterocycles. The lowest BCUT2D eigenvalue weighted by atomic mass is 9.93. The largest absolute Gasteiger partial charge is 0.497 e. The molecule has 1 aliphatic carbocycles. The van der Waals surface area contributed by atoms with Crippen LogP contribution >= 0.6 is 11.6 Å². The number of hydrogen-bond donors (Lipinski definition) is 2. The third-order valence-electron chi connectivity index (χ3n) is 6.52. The van der Waals surface area contributed by atoms with Crippen LogP contribution in [0.15, 0.2) is 48.8 Å². The average molecular weight is 492 g/mol. The van der Waals surface area contributed by atoms with E-state index < -0.39 is 5.54 Å². The number of anilines is 3. The lowest BCUT2D eigenvalue weighted by Gasteiger charge is -2.32. The van der Waals surface area contributed by atoms with Crippen LogP contribution < -0.4 is 15.4 Å². The maximum Gasteiger partial charge on any atom is 0.256 e. The number of nitrogens with zero attached hydrogens (tertiary/aromatic N) is 3. The normalized spacial score (nSPS) is 16.1. The number of fused-ring (bicyclic) bond motifs is 1. The first-order chi connectivity index (χ1) is 16.8. The second-order valence-electron chi connectivity index (χ2n) is 9.36. The Labute approximate surface area is 208 Å². The maximum atomic E-state index is 13.4. The van der Waals surface area contributed by atoms with E-state index in [-0.39, 0.29) is 17.7 Å². The van der Waals surface area contributed by atoms with E-state index in [0.29, 0.717) is 34.5 Å². The highest BCUT2D eigenvalue weighted by Crippen LogP contribution is 2.44. The monoisotopic (exact) mass is 491 g/mol. The fraction of sp³-hybridized carbons (Fsp3) is 0.308. The number of aromatic nitrogens is 2. The van der Waals surface area contributed by atoms with Crippen molar-refractivity contribution in [2.45, 2.75) is 38.8 Å². The topological polar surface area (TPSA) is 96.5 Å². The van der Waals surface area contributed by atoms with Crippen molar-refractivity contribution in [1.82, 2.24) is 14.9 Å². The van der Waals surface area contributed by atoms with E-state index in [4.69, 9.17) is 16.3 Å². The van der Waals surface area contributed by atoms with Gasteiger partial charge in [0.2, 0.25) is 5.91 Å². The number of nitrogens with one attached hydrogen (secondary N) is 2. The van der Waals surface area contributed by atoms with Crippen LogP contribution in [0.1, 0.15) is 48.2 Å². The highest BCUT2D eigenvalue weighted by molar-refractivity contribution is 6.34. The Morgan fingerprint density at radius 1 is 1.14 bits per heavy atom. The van der Waals surface area contributed by atoms with E-state index in [1.54, 1.807) is 19.2 Å². The Balaban J connectivity index is 1.39. The molecule has 0 unspecified atom stereocenters. The van der Waals surface area contributed by atoms with Crippen molar-refractivity contribution in [3.8, 4) is 5.75 Å². The molecule has 1 fully saturated rings. The Bertz CT molecular complexity index is 1300. The third-order valence-corrected chi connectivity index (χ3v) is 6.82. The van der Waals surface area contributed by atoms with Crippen molar-refractivity contribution >= 4 is 40.7 Å². The number of ether oxygens (including phenoxy) is 1. The van der Waals surface area contributed by atoms with Gasteiger partial charge in [-0.15, -0.1) is 0 Å². The minimum atomic E-state index is -0.581. The summed E-state index contributed by atoms with van der Waals surface area (Å²) in [6.45, 7) is 4.46. The summed E-state index contributed by atoms with van der Waals surface area (Å²) >= 11 is 6.62. The first-order valence-corrected chi connectivity index (χ1v) is 11.8. The van der Waals surface area contributed by atoms with Crippen molar-refractivity contribution in [3.05, 3.63) is 70.5 Å². The molecule has 35 heavy (non-hydrogen) atoms. The molecule has 1 aliphatic heterocycles. The van der Waals surface area contributed by atoms with Crippen LogP contribution in [-0.4, -0.2) is 33.8 Å². The molecule has 2 aliphatic rings. The summed E-state index contributed by atoms with van der Waals surface area (Å²) in [5.74, 6) is 1.67. The van der Waals surface area contributed by atoms with Gasteiger partial charge in [-0.2, -0.15) is 0 Å². The molecular formula is C26H26ClN5O3. The first-order valence-electron chi connectivity index (χ1n) is 11.4. The van der Waals surface area contributed by atoms with Crippen LogP contribution in [0.2, 0.25) is 5.02 Å². The van der Waals surface area contributed by atoms with Crippen LogP contribution in [0.4, 0.5) is 17.3 Å². The first kappa shape index (κ1) is 23.1. The van der Waals surface area contributed by atoms with E-state index in [0.717, 1.165) is 29.7 Å². The van der Waals surface area contributed by atoms with E-state index >= 15 is 0 Å². The van der Waals surface area contributed by atoms with Crippen LogP contribution in [0.5, 0.6) is 5.75 Å². The smallest absolute Gasteiger partial charge is 0.256 e. The number of benzene rings is 2. The van der Waals surface area contributed by atoms with Crippen LogP contribution in [-0.2, 0) is 16.9 Å². The number of carbonyl (C=O) groups is 2. The lowest BCUT2D eigenvalue weighted by Crippen LogP contribution is -2.38. The molecule has 0 radical (unpaired) electrons. The number of halogens is 1. The third kappa shape index (κ3) is 4.53. The predicted molar refractivity (Wildman–Crippen MR) is 134 cm³/mol. The van der Waals surface area contributed by atoms with Gasteiger partial charge in [-0.05, 0) is 62.1 Å². The molecule has 180 valence electrons. The molecule has 0 atom stereocenters. The second-order valence-corrected chi connectivity index (χ2v) is 9.76. The molecular weight excluding hydrogens is 466 g/mol. The molecule has 1 saturated carbocycles. The van der Waals surface area contributed by atoms with Crippen molar-refractivity contribution < 1.29 is 14.3 Å². The number of hydrogen-bond acceptors (Lipinski definition) is 6. The van der Waals surface area contributed by atoms with Crippen LogP contribution in [0, 0.1) is 5.92 Å². The van der Waals surface area contributed by atoms with E-state index in [1.165, 1.54) is 6.33 Å². The minimum Gasteiger partial charge on any atom is -0.497 e. The molecule has 3 aromatic rings. The molecule has 0 spiro atoms. The molecule has 0 saturated heterocycles. The number of rotatable bonds is 7. The fourth-order valence-electron chi connectivity index (χ4n) is 4.31. The zero-order valence-corrected chi connectivity index (χ0v) is 20.5. The maximum absolute atomic E-state index is 13.4. The van der Waals surface area contributed by atoms with Crippen molar-refractivity contribution in [2.75, 3.05) is 17.7 Å². The Hall–Kier alpha value is -3.65.